The van der Waals surface area contributed by atoms with Gasteiger partial charge < -0.3 is 28.3 Å². The van der Waals surface area contributed by atoms with E-state index in [2.05, 4.69) is 25.3 Å². The molecule has 0 aliphatic carbocycles. The van der Waals surface area contributed by atoms with Gasteiger partial charge in [0.25, 0.3) is 0 Å². The van der Waals surface area contributed by atoms with Crippen LogP contribution in [0, 0.1) is 0 Å². The lowest BCUT2D eigenvalue weighted by molar-refractivity contribution is -0.872. The van der Waals surface area contributed by atoms with E-state index in [-0.39, 0.29) is 0 Å². The predicted octanol–water partition coefficient (Wildman–Crippen LogP) is -0.938. The lowest BCUT2D eigenvalue weighted by Crippen LogP contribution is -2.46. The second-order valence-corrected chi connectivity index (χ2v) is 7.25. The number of aliphatic carboxylic acids is 2. The molecular weight excluding hydrogens is 356 g/mol. The van der Waals surface area contributed by atoms with Crippen LogP contribution in [-0.4, -0.2) is 97.5 Å². The Morgan fingerprint density at radius 3 is 1.00 bits per heavy atom. The van der Waals surface area contributed by atoms with Crippen molar-refractivity contribution < 1.29 is 42.1 Å². The fourth-order valence-corrected chi connectivity index (χ4v) is 0.663. The molecule has 0 radical (unpaired) electrons. The van der Waals surface area contributed by atoms with Crippen molar-refractivity contribution in [1.82, 2.24) is 0 Å². The molecule has 0 bridgehead atoms. The molecule has 0 aliphatic rings. The first-order valence-corrected chi connectivity index (χ1v) is 7.68. The van der Waals surface area contributed by atoms with Gasteiger partial charge in [-0.2, -0.15) is 0 Å². The summed E-state index contributed by atoms with van der Waals surface area (Å²) in [6.07, 6.45) is 0. The van der Waals surface area contributed by atoms with E-state index in [1.54, 1.807) is 42.3 Å². The molecule has 0 heterocycles. The Hall–Kier alpha value is -0.370. The van der Waals surface area contributed by atoms with E-state index in [1.165, 1.54) is 0 Å². The fourth-order valence-electron chi connectivity index (χ4n) is 0.663. The SMILES string of the molecule is C[N+](C)(C)C(S)C(=O)O.C[N+](C)(C)C(S)C(=O)O.O=S([O-])[O-]. The maximum Gasteiger partial charge on any atom is 0.373 e. The summed E-state index contributed by atoms with van der Waals surface area (Å²) < 4.78 is 26.0. The maximum atomic E-state index is 10.3. The highest BCUT2D eigenvalue weighted by Gasteiger charge is 2.27. The van der Waals surface area contributed by atoms with Crippen LogP contribution < -0.4 is 0 Å². The number of carbonyl (C=O) groups is 2. The monoisotopic (exact) mass is 380 g/mol. The average molecular weight is 381 g/mol. The lowest BCUT2D eigenvalue weighted by atomic mass is 10.5. The number of thiol groups is 2. The second-order valence-electron chi connectivity index (χ2n) is 5.86. The quantitative estimate of drug-likeness (QED) is 0.214. The minimum absolute atomic E-state index is 0.332. The van der Waals surface area contributed by atoms with Crippen molar-refractivity contribution in [3.05, 3.63) is 0 Å². The average Bonchev–Trinajstić information content (AvgIpc) is 2.24. The topological polar surface area (TPSA) is 138 Å². The van der Waals surface area contributed by atoms with Crippen LogP contribution in [0.1, 0.15) is 0 Å². The summed E-state index contributed by atoms with van der Waals surface area (Å²) in [4.78, 5) is 20.5. The highest BCUT2D eigenvalue weighted by molar-refractivity contribution is 7.81. The Labute approximate surface area is 144 Å². The highest BCUT2D eigenvalue weighted by atomic mass is 32.2. The van der Waals surface area contributed by atoms with Crippen LogP contribution in [0.5, 0.6) is 0 Å². The molecule has 0 aliphatic heterocycles. The smallest absolute Gasteiger partial charge is 0.373 e. The standard InChI is InChI=1S/2C5H11NO2S.H2O3S/c2*1-6(2,3)4(9)5(7)8;1-4(2)3/h2*4H,1-3H3,(H-,7,8,9);(H2,1,2,3). The van der Waals surface area contributed by atoms with Crippen molar-refractivity contribution in [2.24, 2.45) is 0 Å². The Morgan fingerprint density at radius 1 is 0.864 bits per heavy atom. The van der Waals surface area contributed by atoms with E-state index in [0.717, 1.165) is 0 Å². The molecular formula is C10H24N2O7S3. The van der Waals surface area contributed by atoms with Crippen LogP contribution >= 0.6 is 25.3 Å². The molecule has 0 saturated heterocycles. The molecule has 0 fully saturated rings. The van der Waals surface area contributed by atoms with Gasteiger partial charge in [0.15, 0.2) is 0 Å². The van der Waals surface area contributed by atoms with Gasteiger partial charge in [0.1, 0.15) is 0 Å². The molecule has 0 aromatic carbocycles. The Bertz CT molecular complexity index is 346. The largest absolute Gasteiger partial charge is 0.784 e. The number of likely N-dealkylation sites (N-methyl/N-ethyl adjacent to an activating group) is 2. The molecule has 9 nitrogen and oxygen atoms in total. The first-order chi connectivity index (χ1) is 9.44. The van der Waals surface area contributed by atoms with Gasteiger partial charge in [0.05, 0.1) is 42.3 Å². The highest BCUT2D eigenvalue weighted by Crippen LogP contribution is 2.06. The van der Waals surface area contributed by atoms with E-state index in [0.29, 0.717) is 8.97 Å². The van der Waals surface area contributed by atoms with Crippen molar-refractivity contribution >= 4 is 48.6 Å². The molecule has 0 aromatic heterocycles. The zero-order chi connectivity index (χ0) is 18.9. The van der Waals surface area contributed by atoms with Crippen LogP contribution in [-0.2, 0) is 21.0 Å². The molecule has 22 heavy (non-hydrogen) atoms. The maximum absolute atomic E-state index is 10.3. The number of hydrogen-bond acceptors (Lipinski definition) is 7. The molecule has 0 saturated carbocycles. The summed E-state index contributed by atoms with van der Waals surface area (Å²) in [6.45, 7) is 0. The molecule has 12 heteroatoms. The normalized spacial score (nSPS) is 14.0. The van der Waals surface area contributed by atoms with Crippen LogP contribution in [0.15, 0.2) is 0 Å². The van der Waals surface area contributed by atoms with Gasteiger partial charge in [-0.1, -0.05) is 0 Å². The van der Waals surface area contributed by atoms with Gasteiger partial charge in [-0.05, 0) is 0 Å². The molecule has 134 valence electrons. The van der Waals surface area contributed by atoms with Crippen molar-refractivity contribution in [2.45, 2.75) is 10.7 Å². The Balaban J connectivity index is -0.000000266. The molecule has 0 spiro atoms. The number of carboxylic acids is 2. The molecule has 0 rings (SSSR count). The number of rotatable bonds is 4. The Kier molecular flexibility index (Phi) is 13.5. The van der Waals surface area contributed by atoms with Crippen LogP contribution in [0.3, 0.4) is 0 Å². The van der Waals surface area contributed by atoms with E-state index >= 15 is 0 Å². The van der Waals surface area contributed by atoms with Gasteiger partial charge in [0, 0.05) is 0 Å². The van der Waals surface area contributed by atoms with Crippen LogP contribution in [0.25, 0.3) is 0 Å². The van der Waals surface area contributed by atoms with Gasteiger partial charge in [-0.25, -0.2) is 9.59 Å². The van der Waals surface area contributed by atoms with Crippen molar-refractivity contribution in [3.63, 3.8) is 0 Å². The van der Waals surface area contributed by atoms with Crippen LogP contribution in [0.4, 0.5) is 0 Å². The zero-order valence-electron chi connectivity index (χ0n) is 13.3. The van der Waals surface area contributed by atoms with E-state index < -0.39 is 34.0 Å². The first-order valence-electron chi connectivity index (χ1n) is 5.65. The van der Waals surface area contributed by atoms with Gasteiger partial charge in [-0.3, -0.25) is 4.21 Å². The summed E-state index contributed by atoms with van der Waals surface area (Å²) >= 11 is 4.65. The molecule has 2 N–H and O–H groups in total. The predicted molar refractivity (Wildman–Crippen MR) is 86.6 cm³/mol. The minimum atomic E-state index is -3.11. The summed E-state index contributed by atoms with van der Waals surface area (Å²) in [7, 11) is 10.7. The Morgan fingerprint density at radius 2 is 1.00 bits per heavy atom. The van der Waals surface area contributed by atoms with Gasteiger partial charge >= 0.3 is 11.9 Å². The lowest BCUT2D eigenvalue weighted by Gasteiger charge is -2.27. The first kappa shape index (κ1) is 26.5. The number of quaternary nitrogens is 2. The number of carboxylic acid groups (broad SMARTS) is 2. The summed E-state index contributed by atoms with van der Waals surface area (Å²) in [5.74, 6) is -1.77. The van der Waals surface area contributed by atoms with Gasteiger partial charge in [-0.15, -0.1) is 36.6 Å². The zero-order valence-corrected chi connectivity index (χ0v) is 15.9. The van der Waals surface area contributed by atoms with Crippen molar-refractivity contribution in [3.8, 4) is 0 Å². The molecule has 2 atom stereocenters. The fraction of sp³-hybridized carbons (Fsp3) is 0.800. The molecule has 0 aromatic rings. The molecule has 0 amide bonds. The second kappa shape index (κ2) is 11.2. The van der Waals surface area contributed by atoms with E-state index in [1.807, 2.05) is 0 Å². The third-order valence-corrected chi connectivity index (χ3v) is 3.74. The summed E-state index contributed by atoms with van der Waals surface area (Å²) in [5.41, 5.74) is 0. The third-order valence-electron chi connectivity index (χ3n) is 1.91. The van der Waals surface area contributed by atoms with Crippen molar-refractivity contribution in [1.29, 1.82) is 0 Å². The van der Waals surface area contributed by atoms with Gasteiger partial charge in [0.2, 0.25) is 10.7 Å². The van der Waals surface area contributed by atoms with Crippen molar-refractivity contribution in [2.75, 3.05) is 42.3 Å². The number of hydrogen-bond donors (Lipinski definition) is 4. The van der Waals surface area contributed by atoms with E-state index in [9.17, 15) is 9.59 Å². The summed E-state index contributed by atoms with van der Waals surface area (Å²) in [6, 6.07) is 0. The summed E-state index contributed by atoms with van der Waals surface area (Å²) in [5, 5.41) is 15.6. The minimum Gasteiger partial charge on any atom is -0.784 e. The number of nitrogens with zero attached hydrogens (tertiary/aromatic N) is 2. The van der Waals surface area contributed by atoms with Crippen LogP contribution in [0.2, 0.25) is 0 Å². The third kappa shape index (κ3) is 17.7. The molecule has 2 unspecified atom stereocenters. The van der Waals surface area contributed by atoms with E-state index in [4.69, 9.17) is 23.5 Å².